The molecule has 0 bridgehead atoms. The van der Waals surface area contributed by atoms with Gasteiger partial charge in [0.2, 0.25) is 0 Å². The standard InChI is InChI=1S/C18H20F2N6/c19-11-3-6-13(20)14(9-11)24-16-15(10-1-4-12(21)5-2-10)17(22)25-26-8-7-23-18(16)26/h3,6-10,12,24H,1-2,4-5,21H2,(H2,22,25). The summed E-state index contributed by atoms with van der Waals surface area (Å²) in [5, 5.41) is 7.38. The van der Waals surface area contributed by atoms with Crippen LogP contribution < -0.4 is 16.8 Å². The van der Waals surface area contributed by atoms with Gasteiger partial charge in [0.1, 0.15) is 17.5 Å². The quantitative estimate of drug-likeness (QED) is 0.668. The molecule has 26 heavy (non-hydrogen) atoms. The van der Waals surface area contributed by atoms with E-state index in [2.05, 4.69) is 15.4 Å². The number of imidazole rings is 1. The van der Waals surface area contributed by atoms with Crippen molar-refractivity contribution in [3.8, 4) is 0 Å². The number of nitrogen functional groups attached to an aromatic ring is 1. The SMILES string of the molecule is Nc1nn2ccnc2c(Nc2cc(F)ccc2F)c1C1CCC(N)CC1. The third-order valence-corrected chi connectivity index (χ3v) is 4.97. The number of rotatable bonds is 3. The van der Waals surface area contributed by atoms with Crippen LogP contribution in [0.2, 0.25) is 0 Å². The number of halogens is 2. The molecule has 1 aliphatic carbocycles. The number of hydrogen-bond acceptors (Lipinski definition) is 5. The summed E-state index contributed by atoms with van der Waals surface area (Å²) in [4.78, 5) is 4.32. The predicted molar refractivity (Wildman–Crippen MR) is 96.2 cm³/mol. The lowest BCUT2D eigenvalue weighted by molar-refractivity contribution is 0.396. The zero-order valence-electron chi connectivity index (χ0n) is 14.1. The van der Waals surface area contributed by atoms with E-state index in [1.807, 2.05) is 0 Å². The minimum atomic E-state index is -0.553. The van der Waals surface area contributed by atoms with E-state index in [1.165, 1.54) is 4.52 Å². The summed E-state index contributed by atoms with van der Waals surface area (Å²) in [6, 6.07) is 3.47. The monoisotopic (exact) mass is 358 g/mol. The van der Waals surface area contributed by atoms with Crippen molar-refractivity contribution in [2.75, 3.05) is 11.1 Å². The Morgan fingerprint density at radius 1 is 1.15 bits per heavy atom. The number of hydrogen-bond donors (Lipinski definition) is 3. The first-order valence-corrected chi connectivity index (χ1v) is 8.63. The van der Waals surface area contributed by atoms with Gasteiger partial charge in [0.15, 0.2) is 5.65 Å². The summed E-state index contributed by atoms with van der Waals surface area (Å²) in [6.45, 7) is 0. The minimum absolute atomic E-state index is 0.0364. The second kappa shape index (κ2) is 6.53. The second-order valence-electron chi connectivity index (χ2n) is 6.73. The number of benzene rings is 1. The smallest absolute Gasteiger partial charge is 0.177 e. The van der Waals surface area contributed by atoms with E-state index >= 15 is 0 Å². The van der Waals surface area contributed by atoms with Gasteiger partial charge in [-0.3, -0.25) is 0 Å². The first-order valence-electron chi connectivity index (χ1n) is 8.63. The van der Waals surface area contributed by atoms with Crippen molar-refractivity contribution < 1.29 is 8.78 Å². The summed E-state index contributed by atoms with van der Waals surface area (Å²) < 4.78 is 29.3. The topological polar surface area (TPSA) is 94.3 Å². The molecule has 0 aliphatic heterocycles. The Kier molecular flexibility index (Phi) is 4.20. The Labute approximate surface area is 149 Å². The molecule has 0 spiro atoms. The Bertz CT molecular complexity index is 946. The molecular weight excluding hydrogens is 338 g/mol. The minimum Gasteiger partial charge on any atom is -0.382 e. The van der Waals surface area contributed by atoms with Gasteiger partial charge in [-0.2, -0.15) is 0 Å². The van der Waals surface area contributed by atoms with Gasteiger partial charge in [-0.15, -0.1) is 5.10 Å². The molecule has 2 aromatic heterocycles. The summed E-state index contributed by atoms with van der Waals surface area (Å²) in [6.07, 6.45) is 6.76. The number of nitrogens with zero attached hydrogens (tertiary/aromatic N) is 3. The molecule has 5 N–H and O–H groups in total. The Morgan fingerprint density at radius 3 is 2.69 bits per heavy atom. The molecule has 136 valence electrons. The summed E-state index contributed by atoms with van der Waals surface area (Å²) >= 11 is 0. The van der Waals surface area contributed by atoms with Crippen LogP contribution in [0.1, 0.15) is 37.2 Å². The lowest BCUT2D eigenvalue weighted by Crippen LogP contribution is -2.26. The highest BCUT2D eigenvalue weighted by Gasteiger charge is 2.27. The van der Waals surface area contributed by atoms with Gasteiger partial charge in [0.05, 0.1) is 11.4 Å². The van der Waals surface area contributed by atoms with E-state index in [0.29, 0.717) is 17.2 Å². The first-order chi connectivity index (χ1) is 12.5. The zero-order valence-corrected chi connectivity index (χ0v) is 14.1. The van der Waals surface area contributed by atoms with Crippen molar-refractivity contribution in [3.63, 3.8) is 0 Å². The molecule has 0 radical (unpaired) electrons. The van der Waals surface area contributed by atoms with E-state index < -0.39 is 11.6 Å². The Hall–Kier alpha value is -2.74. The van der Waals surface area contributed by atoms with Crippen LogP contribution in [0.5, 0.6) is 0 Å². The van der Waals surface area contributed by atoms with E-state index in [-0.39, 0.29) is 17.6 Å². The van der Waals surface area contributed by atoms with Crippen LogP contribution in [0.3, 0.4) is 0 Å². The molecular formula is C18H20F2N6. The summed E-state index contributed by atoms with van der Waals surface area (Å²) in [5.74, 6) is -0.581. The first kappa shape index (κ1) is 16.7. The van der Waals surface area contributed by atoms with Crippen LogP contribution in [-0.4, -0.2) is 20.6 Å². The maximum Gasteiger partial charge on any atom is 0.177 e. The maximum atomic E-state index is 14.2. The highest BCUT2D eigenvalue weighted by molar-refractivity contribution is 5.80. The third-order valence-electron chi connectivity index (χ3n) is 4.97. The van der Waals surface area contributed by atoms with Crippen LogP contribution in [0, 0.1) is 11.6 Å². The number of nitrogens with one attached hydrogen (secondary N) is 1. The Balaban J connectivity index is 1.84. The molecule has 1 fully saturated rings. The fourth-order valence-corrected chi connectivity index (χ4v) is 3.65. The molecule has 6 nitrogen and oxygen atoms in total. The van der Waals surface area contributed by atoms with Gasteiger partial charge in [-0.1, -0.05) is 0 Å². The molecule has 1 aliphatic rings. The van der Waals surface area contributed by atoms with Crippen LogP contribution in [0.25, 0.3) is 5.65 Å². The van der Waals surface area contributed by atoms with Gasteiger partial charge in [0.25, 0.3) is 0 Å². The molecule has 0 atom stereocenters. The Morgan fingerprint density at radius 2 is 1.92 bits per heavy atom. The molecule has 4 rings (SSSR count). The molecule has 2 heterocycles. The lowest BCUT2D eigenvalue weighted by atomic mass is 9.81. The number of nitrogens with two attached hydrogens (primary N) is 2. The second-order valence-corrected chi connectivity index (χ2v) is 6.73. The van der Waals surface area contributed by atoms with Crippen molar-refractivity contribution in [2.24, 2.45) is 5.73 Å². The van der Waals surface area contributed by atoms with Crippen LogP contribution in [0.4, 0.5) is 26.0 Å². The fourth-order valence-electron chi connectivity index (χ4n) is 3.65. The van der Waals surface area contributed by atoms with Crippen molar-refractivity contribution in [2.45, 2.75) is 37.6 Å². The van der Waals surface area contributed by atoms with Crippen LogP contribution >= 0.6 is 0 Å². The number of fused-ring (bicyclic) bond motifs is 1. The van der Waals surface area contributed by atoms with Crippen molar-refractivity contribution in [1.82, 2.24) is 14.6 Å². The molecule has 0 saturated heterocycles. The fraction of sp³-hybridized carbons (Fsp3) is 0.333. The van der Waals surface area contributed by atoms with E-state index in [1.54, 1.807) is 12.4 Å². The highest BCUT2D eigenvalue weighted by atomic mass is 19.1. The maximum absolute atomic E-state index is 14.2. The third kappa shape index (κ3) is 2.96. The summed E-state index contributed by atoms with van der Waals surface area (Å²) in [5.41, 5.74) is 14.2. The van der Waals surface area contributed by atoms with Crippen molar-refractivity contribution in [3.05, 3.63) is 47.8 Å². The van der Waals surface area contributed by atoms with Crippen LogP contribution in [0.15, 0.2) is 30.6 Å². The van der Waals surface area contributed by atoms with Gasteiger partial charge in [0, 0.05) is 30.1 Å². The van der Waals surface area contributed by atoms with Gasteiger partial charge in [-0.05, 0) is 43.7 Å². The van der Waals surface area contributed by atoms with E-state index in [9.17, 15) is 8.78 Å². The lowest BCUT2D eigenvalue weighted by Gasteiger charge is -2.28. The normalized spacial score (nSPS) is 20.4. The summed E-state index contributed by atoms with van der Waals surface area (Å²) in [7, 11) is 0. The number of aromatic nitrogens is 3. The molecule has 0 amide bonds. The largest absolute Gasteiger partial charge is 0.382 e. The van der Waals surface area contributed by atoms with E-state index in [4.69, 9.17) is 11.5 Å². The molecule has 1 aromatic carbocycles. The van der Waals surface area contributed by atoms with Gasteiger partial charge in [-0.25, -0.2) is 18.3 Å². The van der Waals surface area contributed by atoms with Gasteiger partial charge >= 0.3 is 0 Å². The molecule has 3 aromatic rings. The average molecular weight is 358 g/mol. The van der Waals surface area contributed by atoms with Crippen LogP contribution in [-0.2, 0) is 0 Å². The van der Waals surface area contributed by atoms with E-state index in [0.717, 1.165) is 49.4 Å². The van der Waals surface area contributed by atoms with Crippen molar-refractivity contribution >= 4 is 22.8 Å². The predicted octanol–water partition coefficient (Wildman–Crippen LogP) is 3.32. The highest BCUT2D eigenvalue weighted by Crippen LogP contribution is 2.41. The van der Waals surface area contributed by atoms with Gasteiger partial charge < -0.3 is 16.8 Å². The molecule has 0 unspecified atom stereocenters. The van der Waals surface area contributed by atoms with Crippen molar-refractivity contribution in [1.29, 1.82) is 0 Å². The molecule has 8 heteroatoms. The zero-order chi connectivity index (χ0) is 18.3. The average Bonchev–Trinajstić information content (AvgIpc) is 3.07. The number of anilines is 3. The molecule has 1 saturated carbocycles.